The summed E-state index contributed by atoms with van der Waals surface area (Å²) in [4.78, 5) is 5.84. The van der Waals surface area contributed by atoms with Gasteiger partial charge in [-0.3, -0.25) is 9.13 Å². The second-order valence-corrected chi connectivity index (χ2v) is 23.9. The van der Waals surface area contributed by atoms with Gasteiger partial charge in [0.05, 0.1) is 39.0 Å². The minimum Gasteiger partial charge on any atom is -0.507 e. The Balaban J connectivity index is 0.00000608. The van der Waals surface area contributed by atoms with E-state index in [1.165, 1.54) is 16.7 Å². The predicted molar refractivity (Wildman–Crippen MR) is 286 cm³/mol. The molecule has 1 aliphatic rings. The van der Waals surface area contributed by atoms with Crippen LogP contribution in [0.1, 0.15) is 131 Å². The van der Waals surface area contributed by atoms with Crippen molar-refractivity contribution in [3.05, 3.63) is 180 Å². The summed E-state index contributed by atoms with van der Waals surface area (Å²) in [6.07, 6.45) is 5.88. The van der Waals surface area contributed by atoms with Crippen LogP contribution in [0.2, 0.25) is 0 Å². The Morgan fingerprint density at radius 2 is 1.21 bits per heavy atom. The Morgan fingerprint density at radius 3 is 1.89 bits per heavy atom. The van der Waals surface area contributed by atoms with Crippen LogP contribution < -0.4 is 4.57 Å². The quantitative estimate of drug-likeness (QED) is 0.133. The Labute approximate surface area is 430 Å². The number of aromatic hydroxyl groups is 1. The van der Waals surface area contributed by atoms with Crippen LogP contribution in [0.15, 0.2) is 140 Å². The van der Waals surface area contributed by atoms with E-state index in [9.17, 15) is 5.11 Å². The summed E-state index contributed by atoms with van der Waals surface area (Å²) in [5.74, 6) is 0.960. The van der Waals surface area contributed by atoms with Crippen molar-refractivity contribution in [3.8, 4) is 56.5 Å². The van der Waals surface area contributed by atoms with Gasteiger partial charge in [-0.1, -0.05) is 199 Å². The van der Waals surface area contributed by atoms with Crippen molar-refractivity contribution < 1.29 is 30.7 Å². The molecular formula is C64H67N4OPt+. The summed E-state index contributed by atoms with van der Waals surface area (Å²) in [6, 6.07) is 54.1. The van der Waals surface area contributed by atoms with E-state index in [0.717, 1.165) is 85.4 Å². The predicted octanol–water partition coefficient (Wildman–Crippen LogP) is 15.8. The largest absolute Gasteiger partial charge is 2.00 e. The van der Waals surface area contributed by atoms with Gasteiger partial charge >= 0.3 is 21.1 Å². The average Bonchev–Trinajstić information content (AvgIpc) is 3.89. The van der Waals surface area contributed by atoms with Crippen LogP contribution >= 0.6 is 0 Å². The number of phenolic OH excluding ortho intramolecular Hbond substituents is 1. The maximum Gasteiger partial charge on any atom is 2.00 e. The van der Waals surface area contributed by atoms with Crippen LogP contribution in [0.4, 0.5) is 0 Å². The molecule has 0 bridgehead atoms. The first-order valence-corrected chi connectivity index (χ1v) is 24.8. The molecule has 0 unspecified atom stereocenters. The molecule has 70 heavy (non-hydrogen) atoms. The first-order valence-electron chi connectivity index (χ1n) is 24.8. The summed E-state index contributed by atoms with van der Waals surface area (Å²) in [6.45, 7) is 29.7. The molecule has 5 nitrogen and oxygen atoms in total. The van der Waals surface area contributed by atoms with Gasteiger partial charge in [0, 0.05) is 11.1 Å². The molecule has 0 radical (unpaired) electrons. The Bertz CT molecular complexity index is 3440. The number of fused-ring (bicyclic) bond motifs is 3. The van der Waals surface area contributed by atoms with E-state index in [1.54, 1.807) is 0 Å². The van der Waals surface area contributed by atoms with Crippen LogP contribution in [-0.2, 0) is 48.1 Å². The van der Waals surface area contributed by atoms with Gasteiger partial charge < -0.3 is 9.67 Å². The van der Waals surface area contributed by atoms with Gasteiger partial charge in [0.2, 0.25) is 0 Å². The van der Waals surface area contributed by atoms with Crippen molar-refractivity contribution in [1.82, 2.24) is 14.1 Å². The SMILES string of the molecule is CC(C)(C)c1ccc(-n2c(-c3cc(C(C)(C)C)cc(C(C)(C)C)c3O)nc3c(-c4[c-]c(-n5[c-][n+](-c6ccccc6)c6ccccc65)cc5c4C(C)(C)CCC5(C)C)cccc32)c(-c2ccccc2)c1.[Pt+2]. The molecule has 0 atom stereocenters. The van der Waals surface area contributed by atoms with Gasteiger partial charge in [-0.15, -0.1) is 28.8 Å². The maximum absolute atomic E-state index is 12.7. The van der Waals surface area contributed by atoms with Crippen LogP contribution in [0.3, 0.4) is 0 Å². The maximum atomic E-state index is 12.7. The summed E-state index contributed by atoms with van der Waals surface area (Å²) >= 11 is 0. The third kappa shape index (κ3) is 8.46. The minimum atomic E-state index is -0.336. The number of aromatic nitrogens is 4. The molecule has 1 aliphatic carbocycles. The van der Waals surface area contributed by atoms with Crippen LogP contribution in [-0.4, -0.2) is 19.2 Å². The number of benzene rings is 7. The van der Waals surface area contributed by atoms with Crippen molar-refractivity contribution >= 4 is 22.1 Å². The Kier molecular flexibility index (Phi) is 12.2. The molecule has 0 spiro atoms. The van der Waals surface area contributed by atoms with Gasteiger partial charge in [0.25, 0.3) is 6.33 Å². The molecule has 0 fully saturated rings. The number of hydrogen-bond acceptors (Lipinski definition) is 2. The van der Waals surface area contributed by atoms with E-state index in [-0.39, 0.29) is 53.9 Å². The van der Waals surface area contributed by atoms with Crippen molar-refractivity contribution in [2.45, 2.75) is 130 Å². The molecule has 0 aliphatic heterocycles. The molecule has 358 valence electrons. The van der Waals surface area contributed by atoms with E-state index in [1.807, 2.05) is 0 Å². The van der Waals surface area contributed by atoms with Crippen molar-refractivity contribution in [1.29, 1.82) is 0 Å². The molecular weight excluding hydrogens is 1040 g/mol. The van der Waals surface area contributed by atoms with Gasteiger partial charge in [-0.05, 0) is 92.3 Å². The number of nitrogens with zero attached hydrogens (tertiary/aromatic N) is 4. The fraction of sp³-hybridized carbons (Fsp3) is 0.312. The summed E-state index contributed by atoms with van der Waals surface area (Å²) in [5.41, 5.74) is 17.0. The first kappa shape index (κ1) is 49.0. The zero-order chi connectivity index (χ0) is 49.0. The molecule has 7 aromatic carbocycles. The molecule has 6 heteroatoms. The van der Waals surface area contributed by atoms with Gasteiger partial charge in [0.15, 0.2) is 0 Å². The number of imidazole rings is 2. The molecule has 10 rings (SSSR count). The molecule has 0 amide bonds. The monoisotopic (exact) mass is 1100 g/mol. The van der Waals surface area contributed by atoms with E-state index in [4.69, 9.17) is 4.98 Å². The second-order valence-electron chi connectivity index (χ2n) is 23.9. The van der Waals surface area contributed by atoms with E-state index in [0.29, 0.717) is 11.4 Å². The minimum absolute atomic E-state index is 0. The molecule has 1 N–H and O–H groups in total. The molecule has 2 heterocycles. The second kappa shape index (κ2) is 17.4. The van der Waals surface area contributed by atoms with Crippen LogP contribution in [0.5, 0.6) is 5.75 Å². The molecule has 0 saturated heterocycles. The molecule has 0 saturated carbocycles. The van der Waals surface area contributed by atoms with Crippen LogP contribution in [0, 0.1) is 12.4 Å². The number of para-hydroxylation sites is 4. The number of rotatable bonds is 6. The third-order valence-electron chi connectivity index (χ3n) is 14.8. The summed E-state index contributed by atoms with van der Waals surface area (Å²) in [5, 5.41) is 12.7. The summed E-state index contributed by atoms with van der Waals surface area (Å²) < 4.78 is 6.68. The Morgan fingerprint density at radius 1 is 0.600 bits per heavy atom. The molecule has 2 aromatic heterocycles. The van der Waals surface area contributed by atoms with Gasteiger partial charge in [0.1, 0.15) is 11.6 Å². The first-order chi connectivity index (χ1) is 32.5. The normalized spacial score (nSPS) is 14.7. The van der Waals surface area contributed by atoms with Crippen molar-refractivity contribution in [3.63, 3.8) is 0 Å². The standard InChI is InChI=1S/C64H67N4O.Pt/c1-60(2,3)42-31-32-52(47(35-42)41-23-16-14-17-24-41)68-55-30-22-27-46(57(55)65-59(68)49-36-43(61(4,5)6)37-51(58(49)69)62(7,8)9)48-38-45(39-50-56(48)64(12,13)34-33-63(50,10)11)67-40-66(44-25-18-15-19-26-44)53-28-20-21-29-54(53)67;/h14-32,35-37,39,69H,33-34H2,1-13H3;/q-1;+2. The fourth-order valence-corrected chi connectivity index (χ4v) is 10.6. The van der Waals surface area contributed by atoms with E-state index >= 15 is 0 Å². The summed E-state index contributed by atoms with van der Waals surface area (Å²) in [7, 11) is 0. The zero-order valence-electron chi connectivity index (χ0n) is 43.2. The third-order valence-corrected chi connectivity index (χ3v) is 14.8. The van der Waals surface area contributed by atoms with Crippen LogP contribution in [0.25, 0.3) is 72.8 Å². The van der Waals surface area contributed by atoms with Crippen molar-refractivity contribution in [2.24, 2.45) is 0 Å². The topological polar surface area (TPSA) is 46.9 Å². The Hall–Kier alpha value is -6.03. The van der Waals surface area contributed by atoms with E-state index < -0.39 is 0 Å². The fourth-order valence-electron chi connectivity index (χ4n) is 10.6. The van der Waals surface area contributed by atoms with E-state index in [2.05, 4.69) is 256 Å². The van der Waals surface area contributed by atoms with Gasteiger partial charge in [-0.25, -0.2) is 4.98 Å². The number of phenols is 1. The zero-order valence-corrected chi connectivity index (χ0v) is 45.5. The molecule has 9 aromatic rings. The average molecular weight is 1100 g/mol. The number of hydrogen-bond donors (Lipinski definition) is 1. The smallest absolute Gasteiger partial charge is 0.507 e. The van der Waals surface area contributed by atoms with Gasteiger partial charge in [-0.2, -0.15) is 0 Å². The van der Waals surface area contributed by atoms with Crippen molar-refractivity contribution in [2.75, 3.05) is 0 Å².